The van der Waals surface area contributed by atoms with Gasteiger partial charge in [-0.05, 0) is 13.0 Å². The molecule has 132 valence electrons. The number of para-hydroxylation sites is 1. The number of rotatable bonds is 1. The smallest absolute Gasteiger partial charge is 0.291 e. The Bertz CT molecular complexity index is 1330. The summed E-state index contributed by atoms with van der Waals surface area (Å²) in [5.41, 5.74) is 3.68. The van der Waals surface area contributed by atoms with Crippen LogP contribution < -0.4 is 15.0 Å². The van der Waals surface area contributed by atoms with E-state index in [2.05, 4.69) is 10.1 Å². The molecule has 0 radical (unpaired) electrons. The highest BCUT2D eigenvalue weighted by Crippen LogP contribution is 2.33. The number of aromatic nitrogens is 3. The van der Waals surface area contributed by atoms with Gasteiger partial charge in [-0.1, -0.05) is 59.4 Å². The molecule has 0 saturated heterocycles. The lowest BCUT2D eigenvalue weighted by Crippen LogP contribution is -2.30. The normalized spacial score (nSPS) is 15.6. The summed E-state index contributed by atoms with van der Waals surface area (Å²) >= 11 is 1.20. The predicted octanol–water partition coefficient (Wildman–Crippen LogP) is 2.02. The number of benzene rings is 2. The van der Waals surface area contributed by atoms with E-state index in [0.29, 0.717) is 20.9 Å². The molecule has 1 aliphatic rings. The topological polar surface area (TPSA) is 67.6 Å². The van der Waals surface area contributed by atoms with E-state index in [4.69, 9.17) is 0 Å². The molecule has 2 aromatic carbocycles. The lowest BCUT2D eigenvalue weighted by molar-refractivity contribution is -0.112. The zero-order valence-electron chi connectivity index (χ0n) is 14.6. The Morgan fingerprint density at radius 3 is 2.48 bits per heavy atom. The van der Waals surface area contributed by atoms with Gasteiger partial charge in [-0.2, -0.15) is 9.50 Å². The quantitative estimate of drug-likeness (QED) is 0.511. The number of carbonyl (C=O) groups is 1. The number of amides is 1. The number of nitrogens with zero attached hydrogens (tertiary/aromatic N) is 4. The Morgan fingerprint density at radius 2 is 1.74 bits per heavy atom. The minimum Gasteiger partial charge on any atom is -0.311 e. The fourth-order valence-corrected chi connectivity index (χ4v) is 4.30. The Hall–Kier alpha value is -3.32. The molecule has 1 aliphatic heterocycles. The minimum absolute atomic E-state index is 0.184. The molecule has 0 atom stereocenters. The second-order valence-electron chi connectivity index (χ2n) is 6.49. The highest BCUT2D eigenvalue weighted by molar-refractivity contribution is 7.15. The Morgan fingerprint density at radius 1 is 1.00 bits per heavy atom. The molecular weight excluding hydrogens is 360 g/mol. The molecule has 3 heterocycles. The average Bonchev–Trinajstić information content (AvgIpc) is 3.29. The molecular formula is C20H14N4O2S. The summed E-state index contributed by atoms with van der Waals surface area (Å²) in [5, 5.41) is 4.37. The van der Waals surface area contributed by atoms with E-state index in [-0.39, 0.29) is 11.5 Å². The summed E-state index contributed by atoms with van der Waals surface area (Å²) in [5.74, 6) is 0.321. The zero-order valence-corrected chi connectivity index (χ0v) is 15.4. The van der Waals surface area contributed by atoms with Gasteiger partial charge >= 0.3 is 0 Å². The molecule has 0 bridgehead atoms. The van der Waals surface area contributed by atoms with Crippen molar-refractivity contribution in [3.05, 3.63) is 74.5 Å². The molecule has 0 N–H and O–H groups in total. The molecule has 0 saturated carbocycles. The largest absolute Gasteiger partial charge is 0.311 e. The van der Waals surface area contributed by atoms with Gasteiger partial charge in [0.25, 0.3) is 11.5 Å². The van der Waals surface area contributed by atoms with Crippen LogP contribution in [-0.4, -0.2) is 27.6 Å². The van der Waals surface area contributed by atoms with Crippen molar-refractivity contribution < 1.29 is 4.79 Å². The molecule has 2 aromatic heterocycles. The summed E-state index contributed by atoms with van der Waals surface area (Å²) in [4.78, 5) is 32.2. The molecule has 4 aromatic rings. The van der Waals surface area contributed by atoms with Crippen LogP contribution in [0.1, 0.15) is 11.1 Å². The number of aryl methyl sites for hydroxylation is 1. The van der Waals surface area contributed by atoms with Crippen LogP contribution in [0.3, 0.4) is 0 Å². The van der Waals surface area contributed by atoms with Crippen LogP contribution in [0.15, 0.2) is 53.3 Å². The molecule has 0 unspecified atom stereocenters. The van der Waals surface area contributed by atoms with Crippen LogP contribution in [0.25, 0.3) is 21.9 Å². The Balaban J connectivity index is 1.75. The van der Waals surface area contributed by atoms with Crippen LogP contribution in [-0.2, 0) is 4.79 Å². The van der Waals surface area contributed by atoms with Crippen molar-refractivity contribution in [2.24, 2.45) is 0 Å². The van der Waals surface area contributed by atoms with Crippen LogP contribution in [0, 0.1) is 6.92 Å². The van der Waals surface area contributed by atoms with Gasteiger partial charge in [-0.15, -0.1) is 5.10 Å². The Labute approximate surface area is 158 Å². The van der Waals surface area contributed by atoms with E-state index in [1.807, 2.05) is 55.5 Å². The lowest BCUT2D eigenvalue weighted by Gasteiger charge is -2.07. The molecule has 1 amide bonds. The highest BCUT2D eigenvalue weighted by atomic mass is 32.1. The number of fused-ring (bicyclic) bond motifs is 2. The van der Waals surface area contributed by atoms with Crippen LogP contribution in [0.2, 0.25) is 0 Å². The number of anilines is 1. The van der Waals surface area contributed by atoms with E-state index in [9.17, 15) is 9.59 Å². The van der Waals surface area contributed by atoms with Crippen LogP contribution in [0.5, 0.6) is 0 Å². The van der Waals surface area contributed by atoms with Crippen molar-refractivity contribution in [2.75, 3.05) is 11.9 Å². The third-order valence-corrected chi connectivity index (χ3v) is 5.78. The first-order valence-electron chi connectivity index (χ1n) is 8.43. The highest BCUT2D eigenvalue weighted by Gasteiger charge is 2.31. The number of likely N-dealkylation sites (N-methyl/N-ethyl adjacent to an activating group) is 1. The van der Waals surface area contributed by atoms with Gasteiger partial charge in [0.05, 0.1) is 11.3 Å². The molecule has 0 spiro atoms. The average molecular weight is 374 g/mol. The van der Waals surface area contributed by atoms with Gasteiger partial charge < -0.3 is 4.90 Å². The summed E-state index contributed by atoms with van der Waals surface area (Å²) in [6, 6.07) is 15.3. The molecule has 0 aliphatic carbocycles. The summed E-state index contributed by atoms with van der Waals surface area (Å²) in [6.07, 6.45) is 0. The summed E-state index contributed by atoms with van der Waals surface area (Å²) in [6.45, 7) is 2.01. The predicted molar refractivity (Wildman–Crippen MR) is 105 cm³/mol. The van der Waals surface area contributed by atoms with Crippen molar-refractivity contribution in [3.63, 3.8) is 0 Å². The van der Waals surface area contributed by atoms with E-state index in [1.165, 1.54) is 15.9 Å². The van der Waals surface area contributed by atoms with Crippen LogP contribution in [0.4, 0.5) is 5.69 Å². The minimum atomic E-state index is -0.311. The van der Waals surface area contributed by atoms with Gasteiger partial charge in [-0.3, -0.25) is 9.59 Å². The fraction of sp³-hybridized carbons (Fsp3) is 0.100. The van der Waals surface area contributed by atoms with E-state index >= 15 is 0 Å². The summed E-state index contributed by atoms with van der Waals surface area (Å²) in [7, 11) is 1.71. The van der Waals surface area contributed by atoms with E-state index in [0.717, 1.165) is 22.4 Å². The molecule has 27 heavy (non-hydrogen) atoms. The monoisotopic (exact) mass is 374 g/mol. The first-order valence-corrected chi connectivity index (χ1v) is 9.24. The summed E-state index contributed by atoms with van der Waals surface area (Å²) < 4.78 is 1.67. The van der Waals surface area contributed by atoms with Gasteiger partial charge in [0.1, 0.15) is 4.53 Å². The first-order chi connectivity index (χ1) is 13.0. The number of carbonyl (C=O) groups excluding carboxylic acids is 1. The second kappa shape index (κ2) is 5.59. The van der Waals surface area contributed by atoms with Crippen LogP contribution >= 0.6 is 11.3 Å². The number of hydrogen-bond acceptors (Lipinski definition) is 5. The maximum Gasteiger partial charge on any atom is 0.291 e. The van der Waals surface area contributed by atoms with Crippen molar-refractivity contribution in [1.82, 2.24) is 14.6 Å². The maximum atomic E-state index is 13.0. The lowest BCUT2D eigenvalue weighted by atomic mass is 10.1. The Kier molecular flexibility index (Phi) is 3.29. The second-order valence-corrected chi connectivity index (χ2v) is 7.47. The van der Waals surface area contributed by atoms with Crippen molar-refractivity contribution >= 4 is 33.5 Å². The van der Waals surface area contributed by atoms with E-state index in [1.54, 1.807) is 11.9 Å². The zero-order chi connectivity index (χ0) is 18.7. The SMILES string of the molecule is Cc1ccc(-c2nc3sc(=C4C(=O)N(C)c5ccccc54)c(=O)n3n2)cc1. The third kappa shape index (κ3) is 2.25. The molecule has 0 fully saturated rings. The molecule has 6 nitrogen and oxygen atoms in total. The van der Waals surface area contributed by atoms with Gasteiger partial charge in [-0.25, -0.2) is 0 Å². The van der Waals surface area contributed by atoms with Gasteiger partial charge in [0.15, 0.2) is 5.82 Å². The standard InChI is InChI=1S/C20H14N4O2S/c1-11-7-9-12(10-8-11)17-21-20-24(22-17)19(26)16(27-20)15-13-5-3-4-6-14(13)23(2)18(15)25/h3-10H,1-2H3. The third-order valence-electron chi connectivity index (χ3n) is 4.75. The van der Waals surface area contributed by atoms with E-state index < -0.39 is 0 Å². The number of hydrogen-bond donors (Lipinski definition) is 0. The molecule has 5 rings (SSSR count). The van der Waals surface area contributed by atoms with Crippen molar-refractivity contribution in [1.29, 1.82) is 0 Å². The maximum absolute atomic E-state index is 13.0. The van der Waals surface area contributed by atoms with Gasteiger partial charge in [0.2, 0.25) is 4.96 Å². The fourth-order valence-electron chi connectivity index (χ4n) is 3.30. The van der Waals surface area contributed by atoms with Gasteiger partial charge in [0, 0.05) is 18.2 Å². The van der Waals surface area contributed by atoms with Crippen molar-refractivity contribution in [3.8, 4) is 11.4 Å². The first kappa shape index (κ1) is 15.9. The van der Waals surface area contributed by atoms with Crippen molar-refractivity contribution in [2.45, 2.75) is 6.92 Å². The number of thiazole rings is 1. The molecule has 7 heteroatoms.